The van der Waals surface area contributed by atoms with Gasteiger partial charge in [0.05, 0.1) is 17.8 Å². The number of aliphatic hydroxyl groups excluding tert-OH is 1. The van der Waals surface area contributed by atoms with Crippen LogP contribution in [-0.2, 0) is 6.42 Å². The van der Waals surface area contributed by atoms with Crippen LogP contribution in [0.3, 0.4) is 0 Å². The molecule has 0 radical (unpaired) electrons. The second kappa shape index (κ2) is 7.37. The highest BCUT2D eigenvalue weighted by atomic mass is 32.1. The van der Waals surface area contributed by atoms with E-state index in [-0.39, 0.29) is 18.3 Å². The smallest absolute Gasteiger partial charge is 0.270 e. The first-order valence-electron chi connectivity index (χ1n) is 7.30. The molecule has 7 heteroatoms. The molecule has 0 bridgehead atoms. The van der Waals surface area contributed by atoms with Gasteiger partial charge in [0.25, 0.3) is 5.91 Å². The molecule has 1 atom stereocenters. The van der Waals surface area contributed by atoms with Crippen molar-refractivity contribution in [1.82, 2.24) is 10.3 Å². The van der Waals surface area contributed by atoms with Gasteiger partial charge in [0.2, 0.25) is 0 Å². The molecule has 1 aromatic carbocycles. The molecular weight excluding hydrogens is 331 g/mol. The highest BCUT2D eigenvalue weighted by molar-refractivity contribution is 7.09. The molecule has 0 aliphatic rings. The minimum Gasteiger partial charge on any atom is -0.467 e. The summed E-state index contributed by atoms with van der Waals surface area (Å²) in [5, 5.41) is 14.9. The number of rotatable bonds is 6. The molecule has 2 heterocycles. The van der Waals surface area contributed by atoms with Crippen LogP contribution in [-0.4, -0.2) is 22.5 Å². The summed E-state index contributed by atoms with van der Waals surface area (Å²) >= 11 is 1.36. The molecular formula is C17H15FN2O3S. The predicted molar refractivity (Wildman–Crippen MR) is 87.3 cm³/mol. The van der Waals surface area contributed by atoms with Gasteiger partial charge in [0.15, 0.2) is 0 Å². The fourth-order valence-electron chi connectivity index (χ4n) is 2.13. The second-order valence-corrected chi connectivity index (χ2v) is 6.11. The molecule has 1 amide bonds. The van der Waals surface area contributed by atoms with Crippen molar-refractivity contribution in [2.45, 2.75) is 12.5 Å². The fraction of sp³-hybridized carbons (Fsp3) is 0.176. The second-order valence-electron chi connectivity index (χ2n) is 5.17. The molecule has 5 nitrogen and oxygen atoms in total. The van der Waals surface area contributed by atoms with Crippen molar-refractivity contribution in [3.05, 3.63) is 75.9 Å². The Labute approximate surface area is 141 Å². The minimum atomic E-state index is -0.902. The quantitative estimate of drug-likeness (QED) is 0.720. The average Bonchev–Trinajstić information content (AvgIpc) is 3.26. The summed E-state index contributed by atoms with van der Waals surface area (Å²) < 4.78 is 18.0. The number of halogens is 1. The van der Waals surface area contributed by atoms with Crippen molar-refractivity contribution < 1.29 is 18.7 Å². The zero-order chi connectivity index (χ0) is 16.9. The Morgan fingerprint density at radius 2 is 2.12 bits per heavy atom. The molecule has 24 heavy (non-hydrogen) atoms. The lowest BCUT2D eigenvalue weighted by atomic mass is 10.1. The number of aliphatic hydroxyl groups is 1. The van der Waals surface area contributed by atoms with Crippen LogP contribution in [0.1, 0.15) is 32.9 Å². The number of carbonyl (C=O) groups excluding carboxylic acids is 1. The predicted octanol–water partition coefficient (Wildman–Crippen LogP) is 2.93. The Morgan fingerprint density at radius 3 is 2.83 bits per heavy atom. The Morgan fingerprint density at radius 1 is 1.33 bits per heavy atom. The molecule has 2 N–H and O–H groups in total. The summed E-state index contributed by atoms with van der Waals surface area (Å²) in [7, 11) is 0. The van der Waals surface area contributed by atoms with E-state index in [4.69, 9.17) is 4.42 Å². The lowest BCUT2D eigenvalue weighted by Gasteiger charge is -2.08. The molecule has 0 saturated carbocycles. The number of hydrogen-bond donors (Lipinski definition) is 2. The monoisotopic (exact) mass is 346 g/mol. The number of furan rings is 1. The van der Waals surface area contributed by atoms with Crippen LogP contribution in [0.5, 0.6) is 0 Å². The van der Waals surface area contributed by atoms with Crippen molar-refractivity contribution in [3.63, 3.8) is 0 Å². The number of thiazole rings is 1. The average molecular weight is 346 g/mol. The number of carbonyl (C=O) groups is 1. The molecule has 2 aromatic heterocycles. The van der Waals surface area contributed by atoms with Crippen molar-refractivity contribution in [1.29, 1.82) is 0 Å². The zero-order valence-electron chi connectivity index (χ0n) is 12.6. The fourth-order valence-corrected chi connectivity index (χ4v) is 2.94. The van der Waals surface area contributed by atoms with E-state index in [1.165, 1.54) is 29.7 Å². The van der Waals surface area contributed by atoms with Crippen LogP contribution in [0.15, 0.2) is 52.5 Å². The van der Waals surface area contributed by atoms with Crippen LogP contribution in [0, 0.1) is 5.82 Å². The van der Waals surface area contributed by atoms with Gasteiger partial charge in [0, 0.05) is 11.8 Å². The summed E-state index contributed by atoms with van der Waals surface area (Å²) in [6.07, 6.45) is 1.09. The number of nitrogens with zero attached hydrogens (tertiary/aromatic N) is 1. The normalized spacial score (nSPS) is 12.1. The number of hydrogen-bond acceptors (Lipinski definition) is 5. The number of amides is 1. The number of benzene rings is 1. The van der Waals surface area contributed by atoms with Gasteiger partial charge < -0.3 is 14.8 Å². The molecule has 3 aromatic rings. The lowest BCUT2D eigenvalue weighted by Crippen LogP contribution is -2.28. The summed E-state index contributed by atoms with van der Waals surface area (Å²) in [5.74, 6) is -0.249. The van der Waals surface area contributed by atoms with Crippen LogP contribution in [0.25, 0.3) is 0 Å². The van der Waals surface area contributed by atoms with E-state index in [1.807, 2.05) is 0 Å². The van der Waals surface area contributed by atoms with E-state index in [2.05, 4.69) is 10.3 Å². The summed E-state index contributed by atoms with van der Waals surface area (Å²) in [5.41, 5.74) is 1.22. The van der Waals surface area contributed by atoms with Gasteiger partial charge in [0.1, 0.15) is 23.4 Å². The van der Waals surface area contributed by atoms with Crippen LogP contribution in [0.4, 0.5) is 4.39 Å². The van der Waals surface area contributed by atoms with Gasteiger partial charge in [-0.2, -0.15) is 0 Å². The van der Waals surface area contributed by atoms with Crippen LogP contribution < -0.4 is 5.32 Å². The van der Waals surface area contributed by atoms with Gasteiger partial charge in [-0.1, -0.05) is 12.1 Å². The first kappa shape index (κ1) is 16.4. The Kier molecular flexibility index (Phi) is 5.02. The molecule has 0 aliphatic carbocycles. The third-order valence-electron chi connectivity index (χ3n) is 3.38. The van der Waals surface area contributed by atoms with Crippen LogP contribution >= 0.6 is 11.3 Å². The Bertz CT molecular complexity index is 800. The van der Waals surface area contributed by atoms with Crippen molar-refractivity contribution in [2.24, 2.45) is 0 Å². The molecule has 124 valence electrons. The largest absolute Gasteiger partial charge is 0.467 e. The van der Waals surface area contributed by atoms with E-state index in [9.17, 15) is 14.3 Å². The third-order valence-corrected chi connectivity index (χ3v) is 4.23. The highest BCUT2D eigenvalue weighted by Gasteiger charge is 2.15. The van der Waals surface area contributed by atoms with Crippen LogP contribution in [0.2, 0.25) is 0 Å². The molecule has 0 fully saturated rings. The van der Waals surface area contributed by atoms with Crippen molar-refractivity contribution >= 4 is 17.2 Å². The van der Waals surface area contributed by atoms with E-state index < -0.39 is 6.10 Å². The topological polar surface area (TPSA) is 75.4 Å². The maximum atomic E-state index is 12.9. The van der Waals surface area contributed by atoms with Crippen molar-refractivity contribution in [2.75, 3.05) is 6.54 Å². The maximum absolute atomic E-state index is 12.9. The third kappa shape index (κ3) is 4.06. The van der Waals surface area contributed by atoms with Gasteiger partial charge in [-0.25, -0.2) is 9.37 Å². The highest BCUT2D eigenvalue weighted by Crippen LogP contribution is 2.16. The van der Waals surface area contributed by atoms with Gasteiger partial charge in [-0.3, -0.25) is 4.79 Å². The lowest BCUT2D eigenvalue weighted by molar-refractivity contribution is 0.0897. The zero-order valence-corrected chi connectivity index (χ0v) is 13.4. The van der Waals surface area contributed by atoms with E-state index in [0.717, 1.165) is 10.6 Å². The maximum Gasteiger partial charge on any atom is 0.270 e. The van der Waals surface area contributed by atoms with Gasteiger partial charge in [-0.15, -0.1) is 11.3 Å². The molecule has 0 aliphatic heterocycles. The van der Waals surface area contributed by atoms with Gasteiger partial charge in [-0.05, 0) is 29.8 Å². The molecule has 0 saturated heterocycles. The summed E-state index contributed by atoms with van der Waals surface area (Å²) in [6.45, 7) is 0.0389. The van der Waals surface area contributed by atoms with Gasteiger partial charge >= 0.3 is 0 Å². The van der Waals surface area contributed by atoms with E-state index in [0.29, 0.717) is 17.9 Å². The van der Waals surface area contributed by atoms with Crippen molar-refractivity contribution in [3.8, 4) is 0 Å². The molecule has 1 unspecified atom stereocenters. The number of nitrogens with one attached hydrogen (secondary N) is 1. The number of aromatic nitrogens is 1. The SMILES string of the molecule is O=C(NCC(O)c1ccco1)c1csc(Cc2ccc(F)cc2)n1. The molecule has 0 spiro atoms. The standard InChI is InChI=1S/C17H15FN2O3S/c18-12-5-3-11(4-6-12)8-16-20-13(10-24-16)17(22)19-9-14(21)15-2-1-7-23-15/h1-7,10,14,21H,8-9H2,(H,19,22). The first-order valence-corrected chi connectivity index (χ1v) is 8.18. The summed E-state index contributed by atoms with van der Waals surface area (Å²) in [4.78, 5) is 16.3. The Hall–Kier alpha value is -2.51. The molecule has 3 rings (SSSR count). The first-order chi connectivity index (χ1) is 11.6. The Balaban J connectivity index is 1.56. The van der Waals surface area contributed by atoms with E-state index in [1.54, 1.807) is 29.6 Å². The summed E-state index contributed by atoms with van der Waals surface area (Å²) in [6, 6.07) is 9.48. The van der Waals surface area contributed by atoms with E-state index >= 15 is 0 Å². The minimum absolute atomic E-state index is 0.0389.